The molecular formula is C12H22N2. The first-order chi connectivity index (χ1) is 6.77. The first-order valence-electron chi connectivity index (χ1n) is 5.54. The molecule has 2 nitrogen and oxygen atoms in total. The fraction of sp³-hybridized carbons (Fsp3) is 0.667. The van der Waals surface area contributed by atoms with Gasteiger partial charge >= 0.3 is 0 Å². The zero-order valence-electron chi connectivity index (χ0n) is 9.66. The number of hydrogen-bond donors (Lipinski definition) is 0. The van der Waals surface area contributed by atoms with Gasteiger partial charge in [-0.15, -0.1) is 0 Å². The van der Waals surface area contributed by atoms with Gasteiger partial charge in [-0.2, -0.15) is 0 Å². The van der Waals surface area contributed by atoms with Crippen LogP contribution >= 0.6 is 0 Å². The molecule has 0 spiro atoms. The third kappa shape index (κ3) is 3.18. The van der Waals surface area contributed by atoms with Crippen molar-refractivity contribution in [3.63, 3.8) is 0 Å². The lowest BCUT2D eigenvalue weighted by atomic mass is 10.2. The zero-order chi connectivity index (χ0) is 10.4. The molecule has 0 aromatic heterocycles. The summed E-state index contributed by atoms with van der Waals surface area (Å²) in [6, 6.07) is 0. The Labute approximate surface area is 87.9 Å². The average Bonchev–Trinajstić information content (AvgIpc) is 2.19. The Kier molecular flexibility index (Phi) is 4.74. The molecule has 1 aliphatic rings. The maximum atomic E-state index is 2.48. The van der Waals surface area contributed by atoms with Gasteiger partial charge in [0.15, 0.2) is 0 Å². The molecule has 0 bridgehead atoms. The Morgan fingerprint density at radius 3 is 2.36 bits per heavy atom. The quantitative estimate of drug-likeness (QED) is 0.635. The average molecular weight is 194 g/mol. The fourth-order valence-electron chi connectivity index (χ4n) is 1.75. The number of piperazine rings is 1. The van der Waals surface area contributed by atoms with Gasteiger partial charge in [0.2, 0.25) is 0 Å². The molecule has 0 aromatic carbocycles. The van der Waals surface area contributed by atoms with Gasteiger partial charge < -0.3 is 9.80 Å². The second-order valence-electron chi connectivity index (χ2n) is 3.83. The standard InChI is InChI=1S/C12H22N2/c1-4-6-12(7-5-2)14-10-8-13(3)9-11-14/h4,6-7H,5,8-11H2,1-3H3/b6-4-,12-7+. The lowest BCUT2D eigenvalue weighted by Gasteiger charge is -2.34. The Balaban J connectivity index is 2.56. The molecule has 0 atom stereocenters. The second kappa shape index (κ2) is 5.86. The van der Waals surface area contributed by atoms with Gasteiger partial charge in [-0.3, -0.25) is 0 Å². The van der Waals surface area contributed by atoms with E-state index in [1.807, 2.05) is 0 Å². The molecule has 1 rings (SSSR count). The summed E-state index contributed by atoms with van der Waals surface area (Å²) in [5.41, 5.74) is 1.39. The predicted octanol–water partition coefficient (Wildman–Crippen LogP) is 2.10. The number of allylic oxidation sites excluding steroid dienone is 3. The highest BCUT2D eigenvalue weighted by atomic mass is 15.2. The summed E-state index contributed by atoms with van der Waals surface area (Å²) in [5, 5.41) is 0. The van der Waals surface area contributed by atoms with Gasteiger partial charge in [0.05, 0.1) is 0 Å². The van der Waals surface area contributed by atoms with Crippen LogP contribution in [-0.4, -0.2) is 43.0 Å². The molecule has 1 saturated heterocycles. The lowest BCUT2D eigenvalue weighted by Crippen LogP contribution is -2.43. The largest absolute Gasteiger partial charge is 0.369 e. The zero-order valence-corrected chi connectivity index (χ0v) is 9.66. The third-order valence-electron chi connectivity index (χ3n) is 2.62. The number of nitrogens with zero attached hydrogens (tertiary/aromatic N) is 2. The number of rotatable bonds is 3. The Morgan fingerprint density at radius 2 is 1.86 bits per heavy atom. The van der Waals surface area contributed by atoms with Gasteiger partial charge in [-0.1, -0.05) is 19.1 Å². The van der Waals surface area contributed by atoms with Gasteiger partial charge in [0.25, 0.3) is 0 Å². The predicted molar refractivity (Wildman–Crippen MR) is 62.3 cm³/mol. The minimum Gasteiger partial charge on any atom is -0.369 e. The highest BCUT2D eigenvalue weighted by Gasteiger charge is 2.13. The molecule has 0 aromatic rings. The van der Waals surface area contributed by atoms with E-state index in [-0.39, 0.29) is 0 Å². The molecule has 0 unspecified atom stereocenters. The Morgan fingerprint density at radius 1 is 1.21 bits per heavy atom. The Bertz CT molecular complexity index is 210. The molecule has 1 fully saturated rings. The van der Waals surface area contributed by atoms with Crippen LogP contribution in [0.1, 0.15) is 20.3 Å². The van der Waals surface area contributed by atoms with Crippen LogP contribution in [0.5, 0.6) is 0 Å². The van der Waals surface area contributed by atoms with E-state index in [0.717, 1.165) is 19.5 Å². The molecule has 0 saturated carbocycles. The van der Waals surface area contributed by atoms with Crippen LogP contribution in [-0.2, 0) is 0 Å². The summed E-state index contributed by atoms with van der Waals surface area (Å²) < 4.78 is 0. The van der Waals surface area contributed by atoms with E-state index in [1.165, 1.54) is 18.8 Å². The summed E-state index contributed by atoms with van der Waals surface area (Å²) in [4.78, 5) is 4.86. The molecule has 14 heavy (non-hydrogen) atoms. The van der Waals surface area contributed by atoms with Crippen molar-refractivity contribution in [3.8, 4) is 0 Å². The summed E-state index contributed by atoms with van der Waals surface area (Å²) in [6.45, 7) is 8.95. The summed E-state index contributed by atoms with van der Waals surface area (Å²) >= 11 is 0. The minimum atomic E-state index is 1.12. The van der Waals surface area contributed by atoms with Gasteiger partial charge in [0.1, 0.15) is 0 Å². The molecule has 2 heteroatoms. The minimum absolute atomic E-state index is 1.12. The molecule has 1 aliphatic heterocycles. The van der Waals surface area contributed by atoms with Crippen LogP contribution in [0.3, 0.4) is 0 Å². The van der Waals surface area contributed by atoms with Crippen molar-refractivity contribution < 1.29 is 0 Å². The van der Waals surface area contributed by atoms with E-state index in [2.05, 4.69) is 48.9 Å². The van der Waals surface area contributed by atoms with Crippen LogP contribution in [0.15, 0.2) is 23.9 Å². The third-order valence-corrected chi connectivity index (χ3v) is 2.62. The maximum absolute atomic E-state index is 2.48. The summed E-state index contributed by atoms with van der Waals surface area (Å²) in [7, 11) is 2.19. The van der Waals surface area contributed by atoms with Crippen LogP contribution in [0.2, 0.25) is 0 Å². The molecule has 1 heterocycles. The van der Waals surface area contributed by atoms with Crippen molar-refractivity contribution in [1.29, 1.82) is 0 Å². The Hall–Kier alpha value is -0.760. The van der Waals surface area contributed by atoms with Crippen LogP contribution in [0, 0.1) is 0 Å². The van der Waals surface area contributed by atoms with E-state index < -0.39 is 0 Å². The molecule has 0 radical (unpaired) electrons. The number of likely N-dealkylation sites (N-methyl/N-ethyl adjacent to an activating group) is 1. The van der Waals surface area contributed by atoms with Crippen molar-refractivity contribution >= 4 is 0 Å². The fourth-order valence-corrected chi connectivity index (χ4v) is 1.75. The van der Waals surface area contributed by atoms with Gasteiger partial charge in [0, 0.05) is 31.9 Å². The molecule has 0 amide bonds. The lowest BCUT2D eigenvalue weighted by molar-refractivity contribution is 0.190. The first-order valence-corrected chi connectivity index (χ1v) is 5.54. The second-order valence-corrected chi connectivity index (χ2v) is 3.83. The van der Waals surface area contributed by atoms with E-state index in [1.54, 1.807) is 0 Å². The smallest absolute Gasteiger partial charge is 0.0323 e. The monoisotopic (exact) mass is 194 g/mol. The van der Waals surface area contributed by atoms with Crippen molar-refractivity contribution in [1.82, 2.24) is 9.80 Å². The normalized spacial score (nSPS) is 20.8. The topological polar surface area (TPSA) is 6.48 Å². The van der Waals surface area contributed by atoms with Gasteiger partial charge in [-0.05, 0) is 26.5 Å². The van der Waals surface area contributed by atoms with E-state index in [0.29, 0.717) is 0 Å². The van der Waals surface area contributed by atoms with Crippen molar-refractivity contribution in [2.75, 3.05) is 33.2 Å². The highest BCUT2D eigenvalue weighted by molar-refractivity contribution is 5.17. The first kappa shape index (κ1) is 11.3. The summed E-state index contributed by atoms with van der Waals surface area (Å²) in [5.74, 6) is 0. The molecule has 0 N–H and O–H groups in total. The van der Waals surface area contributed by atoms with Crippen molar-refractivity contribution in [3.05, 3.63) is 23.9 Å². The van der Waals surface area contributed by atoms with Crippen molar-refractivity contribution in [2.45, 2.75) is 20.3 Å². The van der Waals surface area contributed by atoms with Crippen LogP contribution < -0.4 is 0 Å². The molecule has 80 valence electrons. The van der Waals surface area contributed by atoms with E-state index in [9.17, 15) is 0 Å². The van der Waals surface area contributed by atoms with Crippen LogP contribution in [0.25, 0.3) is 0 Å². The van der Waals surface area contributed by atoms with Crippen molar-refractivity contribution in [2.24, 2.45) is 0 Å². The number of hydrogen-bond acceptors (Lipinski definition) is 2. The molecule has 0 aliphatic carbocycles. The SMILES string of the molecule is C/C=C\C(=C/CC)N1CCN(C)CC1. The van der Waals surface area contributed by atoms with E-state index >= 15 is 0 Å². The summed E-state index contributed by atoms with van der Waals surface area (Å²) in [6.07, 6.45) is 7.77. The molecular weight excluding hydrogens is 172 g/mol. The highest BCUT2D eigenvalue weighted by Crippen LogP contribution is 2.10. The van der Waals surface area contributed by atoms with E-state index in [4.69, 9.17) is 0 Å². The maximum Gasteiger partial charge on any atom is 0.0323 e. The van der Waals surface area contributed by atoms with Crippen LogP contribution in [0.4, 0.5) is 0 Å². The van der Waals surface area contributed by atoms with Gasteiger partial charge in [-0.25, -0.2) is 0 Å².